The highest BCUT2D eigenvalue weighted by molar-refractivity contribution is 5.03. The molecule has 0 aromatic carbocycles. The number of fused-ring (bicyclic) bond motifs is 1. The van der Waals surface area contributed by atoms with Crippen molar-refractivity contribution in [2.75, 3.05) is 19.6 Å². The largest absolute Gasteiger partial charge is 0.467 e. The van der Waals surface area contributed by atoms with Gasteiger partial charge in [-0.3, -0.25) is 4.90 Å². The lowest BCUT2D eigenvalue weighted by Crippen LogP contribution is -2.40. The maximum absolute atomic E-state index is 9.94. The van der Waals surface area contributed by atoms with Crippen molar-refractivity contribution < 1.29 is 9.52 Å². The first-order valence-electron chi connectivity index (χ1n) is 6.53. The minimum Gasteiger partial charge on any atom is -0.467 e. The Morgan fingerprint density at radius 3 is 3.24 bits per heavy atom. The molecular weight excluding hydrogens is 216 g/mol. The van der Waals surface area contributed by atoms with Gasteiger partial charge in [-0.25, -0.2) is 0 Å². The normalized spacial score (nSPS) is 30.6. The Hall–Kier alpha value is -0.840. The van der Waals surface area contributed by atoms with E-state index in [1.54, 1.807) is 6.26 Å². The molecule has 0 radical (unpaired) electrons. The van der Waals surface area contributed by atoms with Crippen molar-refractivity contribution in [3.8, 4) is 0 Å². The highest BCUT2D eigenvalue weighted by atomic mass is 16.4. The third-order valence-electron chi connectivity index (χ3n) is 4.05. The molecule has 17 heavy (non-hydrogen) atoms. The number of hydrogen-bond donors (Lipinski definition) is 2. The molecule has 4 heteroatoms. The summed E-state index contributed by atoms with van der Waals surface area (Å²) in [4.78, 5) is 2.57. The summed E-state index contributed by atoms with van der Waals surface area (Å²) >= 11 is 0. The number of aliphatic hydroxyl groups excluding tert-OH is 1. The van der Waals surface area contributed by atoms with Crippen LogP contribution in [0, 0.1) is 0 Å². The van der Waals surface area contributed by atoms with Crippen LogP contribution in [-0.2, 0) is 0 Å². The van der Waals surface area contributed by atoms with Gasteiger partial charge in [-0.2, -0.15) is 0 Å². The van der Waals surface area contributed by atoms with E-state index in [1.807, 2.05) is 12.1 Å². The average molecular weight is 236 g/mol. The molecule has 2 N–H and O–H groups in total. The molecule has 3 rings (SSSR count). The minimum absolute atomic E-state index is 0.527. The lowest BCUT2D eigenvalue weighted by Gasteiger charge is -2.22. The maximum atomic E-state index is 9.94. The zero-order valence-corrected chi connectivity index (χ0v) is 10.0. The van der Waals surface area contributed by atoms with Gasteiger partial charge in [0.15, 0.2) is 0 Å². The fourth-order valence-corrected chi connectivity index (χ4v) is 3.17. The van der Waals surface area contributed by atoms with E-state index in [0.717, 1.165) is 0 Å². The number of nitrogens with one attached hydrogen (secondary N) is 1. The molecule has 0 saturated carbocycles. The van der Waals surface area contributed by atoms with Crippen LogP contribution in [0.3, 0.4) is 0 Å². The van der Waals surface area contributed by atoms with Gasteiger partial charge in [0.2, 0.25) is 0 Å². The van der Waals surface area contributed by atoms with Crippen molar-refractivity contribution in [3.05, 3.63) is 24.2 Å². The molecule has 0 spiro atoms. The number of hydrogen-bond acceptors (Lipinski definition) is 4. The van der Waals surface area contributed by atoms with Crippen LogP contribution in [0.4, 0.5) is 0 Å². The molecule has 0 bridgehead atoms. The summed E-state index contributed by atoms with van der Waals surface area (Å²) in [5.41, 5.74) is 0. The third kappa shape index (κ3) is 2.25. The predicted octanol–water partition coefficient (Wildman–Crippen LogP) is 1.14. The Kier molecular flexibility index (Phi) is 3.18. The summed E-state index contributed by atoms with van der Waals surface area (Å²) in [6.07, 6.45) is 4.90. The quantitative estimate of drug-likeness (QED) is 0.823. The van der Waals surface area contributed by atoms with Crippen LogP contribution in [0.25, 0.3) is 0 Å². The smallest absolute Gasteiger partial charge is 0.133 e. The number of aliphatic hydroxyl groups is 1. The van der Waals surface area contributed by atoms with E-state index in [9.17, 15) is 5.11 Å². The van der Waals surface area contributed by atoms with Gasteiger partial charge in [-0.15, -0.1) is 0 Å². The monoisotopic (exact) mass is 236 g/mol. The second-order valence-electron chi connectivity index (χ2n) is 5.08. The van der Waals surface area contributed by atoms with E-state index in [2.05, 4.69) is 10.2 Å². The summed E-state index contributed by atoms with van der Waals surface area (Å²) in [6, 6.07) is 4.87. The van der Waals surface area contributed by atoms with Gasteiger partial charge >= 0.3 is 0 Å². The van der Waals surface area contributed by atoms with Crippen LogP contribution in [0.1, 0.15) is 31.1 Å². The topological polar surface area (TPSA) is 48.6 Å². The molecule has 0 amide bonds. The van der Waals surface area contributed by atoms with Crippen LogP contribution in [0.5, 0.6) is 0 Å². The van der Waals surface area contributed by atoms with E-state index in [1.165, 1.54) is 32.4 Å². The van der Waals surface area contributed by atoms with Gasteiger partial charge in [0.1, 0.15) is 11.9 Å². The average Bonchev–Trinajstić information content (AvgIpc) is 3.03. The van der Waals surface area contributed by atoms with Crippen molar-refractivity contribution in [2.45, 2.75) is 37.5 Å². The molecule has 3 atom stereocenters. The van der Waals surface area contributed by atoms with E-state index in [4.69, 9.17) is 4.42 Å². The van der Waals surface area contributed by atoms with Gasteiger partial charge in [-0.1, -0.05) is 0 Å². The summed E-state index contributed by atoms with van der Waals surface area (Å²) in [5.74, 6) is 0.652. The van der Waals surface area contributed by atoms with E-state index in [-0.39, 0.29) is 0 Å². The lowest BCUT2D eigenvalue weighted by atomic mass is 10.1. The molecule has 2 saturated heterocycles. The van der Waals surface area contributed by atoms with E-state index >= 15 is 0 Å². The predicted molar refractivity (Wildman–Crippen MR) is 64.7 cm³/mol. The second-order valence-corrected chi connectivity index (χ2v) is 5.08. The molecule has 1 aromatic heterocycles. The van der Waals surface area contributed by atoms with Crippen LogP contribution < -0.4 is 5.32 Å². The number of nitrogens with zero attached hydrogens (tertiary/aromatic N) is 1. The summed E-state index contributed by atoms with van der Waals surface area (Å²) in [5, 5.41) is 13.4. The van der Waals surface area contributed by atoms with Gasteiger partial charge in [0.25, 0.3) is 0 Å². The SMILES string of the molecule is OC(CNC1CCN2CCCC12)c1ccco1. The third-order valence-corrected chi connectivity index (χ3v) is 4.05. The second kappa shape index (κ2) is 4.80. The molecule has 4 nitrogen and oxygen atoms in total. The molecule has 2 aliphatic heterocycles. The van der Waals surface area contributed by atoms with Crippen molar-refractivity contribution >= 4 is 0 Å². The summed E-state index contributed by atoms with van der Waals surface area (Å²) in [6.45, 7) is 3.05. The molecular formula is C13H20N2O2. The van der Waals surface area contributed by atoms with Gasteiger partial charge < -0.3 is 14.8 Å². The summed E-state index contributed by atoms with van der Waals surface area (Å²) in [7, 11) is 0. The van der Waals surface area contributed by atoms with Crippen molar-refractivity contribution in [1.82, 2.24) is 10.2 Å². The maximum Gasteiger partial charge on any atom is 0.133 e. The lowest BCUT2D eigenvalue weighted by molar-refractivity contribution is 0.141. The number of rotatable bonds is 4. The molecule has 3 unspecified atom stereocenters. The molecule has 94 valence electrons. The van der Waals surface area contributed by atoms with Crippen molar-refractivity contribution in [2.24, 2.45) is 0 Å². The minimum atomic E-state index is -0.527. The van der Waals surface area contributed by atoms with Crippen LogP contribution in [0.2, 0.25) is 0 Å². The molecule has 0 aliphatic carbocycles. The van der Waals surface area contributed by atoms with E-state index < -0.39 is 6.10 Å². The summed E-state index contributed by atoms with van der Waals surface area (Å²) < 4.78 is 5.20. The first-order chi connectivity index (χ1) is 8.34. The molecule has 1 aromatic rings. The Balaban J connectivity index is 1.51. The first-order valence-corrected chi connectivity index (χ1v) is 6.53. The van der Waals surface area contributed by atoms with Gasteiger partial charge in [0, 0.05) is 25.2 Å². The fourth-order valence-electron chi connectivity index (χ4n) is 3.17. The van der Waals surface area contributed by atoms with Crippen molar-refractivity contribution in [1.29, 1.82) is 0 Å². The van der Waals surface area contributed by atoms with Crippen LogP contribution >= 0.6 is 0 Å². The van der Waals surface area contributed by atoms with Gasteiger partial charge in [-0.05, 0) is 37.9 Å². The highest BCUT2D eigenvalue weighted by Gasteiger charge is 2.36. The van der Waals surface area contributed by atoms with Crippen LogP contribution in [0.15, 0.2) is 22.8 Å². The van der Waals surface area contributed by atoms with Gasteiger partial charge in [0.05, 0.1) is 6.26 Å². The molecule has 2 aliphatic rings. The fraction of sp³-hybridized carbons (Fsp3) is 0.692. The first kappa shape index (κ1) is 11.3. The Labute approximate surface area is 102 Å². The molecule has 2 fully saturated rings. The standard InChI is InChI=1S/C13H20N2O2/c16-12(13-4-2-8-17-13)9-14-10-5-7-15-6-1-3-11(10)15/h2,4,8,10-12,14,16H,1,3,5-7,9H2. The van der Waals surface area contributed by atoms with Crippen molar-refractivity contribution in [3.63, 3.8) is 0 Å². The Morgan fingerprint density at radius 2 is 2.41 bits per heavy atom. The zero-order valence-electron chi connectivity index (χ0n) is 10.0. The van der Waals surface area contributed by atoms with Crippen LogP contribution in [-0.4, -0.2) is 41.7 Å². The molecule has 3 heterocycles. The zero-order chi connectivity index (χ0) is 11.7. The number of furan rings is 1. The van der Waals surface area contributed by atoms with E-state index in [0.29, 0.717) is 24.4 Å². The Morgan fingerprint density at radius 1 is 1.47 bits per heavy atom. The Bertz CT molecular complexity index is 352. The highest BCUT2D eigenvalue weighted by Crippen LogP contribution is 2.28.